The van der Waals surface area contributed by atoms with Crippen molar-refractivity contribution in [1.82, 2.24) is 9.78 Å². The van der Waals surface area contributed by atoms with Crippen LogP contribution in [0.4, 0.5) is 0 Å². The smallest absolute Gasteiger partial charge is 0.325 e. The minimum Gasteiger partial charge on any atom is -0.480 e. The van der Waals surface area contributed by atoms with Crippen molar-refractivity contribution in [2.75, 3.05) is 0 Å². The van der Waals surface area contributed by atoms with Crippen molar-refractivity contribution in [3.05, 3.63) is 35.7 Å². The standard InChI is InChI=1S/C17H18N4O3/c1-10(2)19-8-14(18-4)12-5-6-15-13(7-12)17(11(3)22)20-21(15)9-16(23)24/h5-8H,4,9H2,1-3H3,(H,23,24)/b14-8-. The molecule has 0 spiro atoms. The Balaban J connectivity index is 2.65. The van der Waals surface area contributed by atoms with Gasteiger partial charge in [0.15, 0.2) is 5.78 Å². The summed E-state index contributed by atoms with van der Waals surface area (Å²) in [5.74, 6) is -1.26. The third-order valence-corrected chi connectivity index (χ3v) is 3.28. The molecule has 0 aliphatic heterocycles. The summed E-state index contributed by atoms with van der Waals surface area (Å²) in [4.78, 5) is 31.0. The van der Waals surface area contributed by atoms with Gasteiger partial charge in [0.2, 0.25) is 0 Å². The highest BCUT2D eigenvalue weighted by Gasteiger charge is 2.16. The van der Waals surface area contributed by atoms with Crippen LogP contribution in [0.25, 0.3) is 16.6 Å². The van der Waals surface area contributed by atoms with Gasteiger partial charge < -0.3 is 5.11 Å². The van der Waals surface area contributed by atoms with Gasteiger partial charge in [-0.05, 0) is 32.7 Å². The molecule has 0 aliphatic rings. The van der Waals surface area contributed by atoms with Gasteiger partial charge in [-0.3, -0.25) is 24.3 Å². The first kappa shape index (κ1) is 17.3. The molecule has 0 atom stereocenters. The second kappa shape index (κ2) is 6.99. The molecule has 124 valence electrons. The lowest BCUT2D eigenvalue weighted by atomic mass is 10.1. The SMILES string of the molecule is C=N/C(=C\N=C(C)C)c1ccc2c(c1)c(C(C)=O)nn2CC(=O)O. The first-order valence-corrected chi connectivity index (χ1v) is 7.25. The second-order valence-electron chi connectivity index (χ2n) is 5.44. The third-order valence-electron chi connectivity index (χ3n) is 3.28. The molecule has 0 aliphatic carbocycles. The van der Waals surface area contributed by atoms with Crippen molar-refractivity contribution in [3.8, 4) is 0 Å². The van der Waals surface area contributed by atoms with Crippen LogP contribution < -0.4 is 0 Å². The highest BCUT2D eigenvalue weighted by molar-refractivity contribution is 6.05. The van der Waals surface area contributed by atoms with Crippen molar-refractivity contribution in [2.45, 2.75) is 27.3 Å². The molecule has 1 N–H and O–H groups in total. The van der Waals surface area contributed by atoms with Crippen LogP contribution in [0.5, 0.6) is 0 Å². The number of benzene rings is 1. The molecule has 2 rings (SSSR count). The van der Waals surface area contributed by atoms with Crippen molar-refractivity contribution >= 4 is 40.8 Å². The number of carboxylic acid groups (broad SMARTS) is 1. The van der Waals surface area contributed by atoms with Crippen molar-refractivity contribution in [2.24, 2.45) is 9.98 Å². The summed E-state index contributed by atoms with van der Waals surface area (Å²) < 4.78 is 1.30. The predicted molar refractivity (Wildman–Crippen MR) is 93.7 cm³/mol. The number of hydrogen-bond acceptors (Lipinski definition) is 5. The van der Waals surface area contributed by atoms with Crippen molar-refractivity contribution in [1.29, 1.82) is 0 Å². The molecule has 2 aromatic rings. The zero-order valence-electron chi connectivity index (χ0n) is 13.8. The molecule has 0 bridgehead atoms. The first-order chi connectivity index (χ1) is 11.3. The number of aromatic nitrogens is 2. The van der Waals surface area contributed by atoms with Crippen LogP contribution in [-0.4, -0.2) is 39.1 Å². The fourth-order valence-corrected chi connectivity index (χ4v) is 2.24. The molecular weight excluding hydrogens is 308 g/mol. The van der Waals surface area contributed by atoms with Gasteiger partial charge in [-0.1, -0.05) is 6.07 Å². The van der Waals surface area contributed by atoms with Gasteiger partial charge in [0, 0.05) is 23.6 Å². The number of nitrogens with zero attached hydrogens (tertiary/aromatic N) is 4. The van der Waals surface area contributed by atoms with Crippen LogP contribution in [0.3, 0.4) is 0 Å². The minimum absolute atomic E-state index is 0.228. The Morgan fingerprint density at radius 1 is 1.33 bits per heavy atom. The average Bonchev–Trinajstić information content (AvgIpc) is 2.85. The van der Waals surface area contributed by atoms with Gasteiger partial charge in [-0.2, -0.15) is 5.10 Å². The number of carboxylic acids is 1. The molecule has 24 heavy (non-hydrogen) atoms. The number of aliphatic imine (C=N–C) groups is 2. The zero-order chi connectivity index (χ0) is 17.9. The van der Waals surface area contributed by atoms with Gasteiger partial charge in [0.25, 0.3) is 0 Å². The number of carbonyl (C=O) groups is 2. The predicted octanol–water partition coefficient (Wildman–Crippen LogP) is 2.80. The number of carbonyl (C=O) groups excluding carboxylic acids is 1. The maximum atomic E-state index is 11.8. The van der Waals surface area contributed by atoms with Gasteiger partial charge in [-0.25, -0.2) is 0 Å². The Morgan fingerprint density at radius 2 is 2.04 bits per heavy atom. The number of hydrogen-bond donors (Lipinski definition) is 1. The molecule has 0 unspecified atom stereocenters. The summed E-state index contributed by atoms with van der Waals surface area (Å²) in [7, 11) is 0. The molecule has 1 aromatic heterocycles. The Labute approximate surface area is 139 Å². The molecule has 0 saturated heterocycles. The number of fused-ring (bicyclic) bond motifs is 1. The molecular formula is C17H18N4O3. The van der Waals surface area contributed by atoms with Crippen molar-refractivity contribution < 1.29 is 14.7 Å². The normalized spacial score (nSPS) is 11.4. The molecule has 1 heterocycles. The molecule has 7 heteroatoms. The number of ketones is 1. The topological polar surface area (TPSA) is 96.9 Å². The van der Waals surface area contributed by atoms with Gasteiger partial charge >= 0.3 is 5.97 Å². The summed E-state index contributed by atoms with van der Waals surface area (Å²) >= 11 is 0. The minimum atomic E-state index is -1.03. The molecule has 0 saturated carbocycles. The van der Waals surface area contributed by atoms with E-state index in [-0.39, 0.29) is 18.0 Å². The molecule has 7 nitrogen and oxygen atoms in total. The van der Waals surface area contributed by atoms with Crippen LogP contribution in [0.2, 0.25) is 0 Å². The summed E-state index contributed by atoms with van der Waals surface area (Å²) in [6.07, 6.45) is 1.60. The fourth-order valence-electron chi connectivity index (χ4n) is 2.24. The highest BCUT2D eigenvalue weighted by atomic mass is 16.4. The molecule has 1 aromatic carbocycles. The third kappa shape index (κ3) is 3.62. The second-order valence-corrected chi connectivity index (χ2v) is 5.44. The quantitative estimate of drug-likeness (QED) is 0.652. The highest BCUT2D eigenvalue weighted by Crippen LogP contribution is 2.25. The number of rotatable bonds is 6. The van der Waals surface area contributed by atoms with E-state index in [1.54, 1.807) is 24.4 Å². The van der Waals surface area contributed by atoms with E-state index in [1.165, 1.54) is 11.6 Å². The maximum Gasteiger partial charge on any atom is 0.325 e. The van der Waals surface area contributed by atoms with Crippen LogP contribution >= 0.6 is 0 Å². The van der Waals surface area contributed by atoms with Crippen LogP contribution in [0.1, 0.15) is 36.8 Å². The van der Waals surface area contributed by atoms with E-state index < -0.39 is 5.97 Å². The fraction of sp³-hybridized carbons (Fsp3) is 0.235. The maximum absolute atomic E-state index is 11.8. The largest absolute Gasteiger partial charge is 0.480 e. The Morgan fingerprint density at radius 3 is 2.58 bits per heavy atom. The van der Waals surface area contributed by atoms with E-state index in [0.29, 0.717) is 16.6 Å². The summed E-state index contributed by atoms with van der Waals surface area (Å²) in [5.41, 5.74) is 2.95. The Kier molecular flexibility index (Phi) is 5.03. The number of Topliss-reactive ketones (excluding diaryl/α,β-unsaturated/α-hetero) is 1. The van der Waals surface area contributed by atoms with Crippen molar-refractivity contribution in [3.63, 3.8) is 0 Å². The summed E-state index contributed by atoms with van der Waals surface area (Å²) in [6.45, 7) is 8.36. The van der Waals surface area contributed by atoms with Crippen LogP contribution in [0.15, 0.2) is 34.4 Å². The van der Waals surface area contributed by atoms with E-state index in [0.717, 1.165) is 11.3 Å². The Bertz CT molecular complexity index is 887. The van der Waals surface area contributed by atoms with E-state index >= 15 is 0 Å². The first-order valence-electron chi connectivity index (χ1n) is 7.25. The lowest BCUT2D eigenvalue weighted by Gasteiger charge is -2.03. The average molecular weight is 326 g/mol. The zero-order valence-corrected chi connectivity index (χ0v) is 13.8. The summed E-state index contributed by atoms with van der Waals surface area (Å²) in [5, 5.41) is 13.7. The lowest BCUT2D eigenvalue weighted by molar-refractivity contribution is -0.137. The van der Waals surface area contributed by atoms with Crippen LogP contribution in [-0.2, 0) is 11.3 Å². The monoisotopic (exact) mass is 326 g/mol. The van der Waals surface area contributed by atoms with Gasteiger partial charge in [0.1, 0.15) is 12.2 Å². The molecule has 0 fully saturated rings. The van der Waals surface area contributed by atoms with Gasteiger partial charge in [0.05, 0.1) is 17.4 Å². The Hall–Kier alpha value is -3.09. The molecule has 0 amide bonds. The lowest BCUT2D eigenvalue weighted by Crippen LogP contribution is -2.10. The van der Waals surface area contributed by atoms with E-state index in [9.17, 15) is 9.59 Å². The number of aliphatic carboxylic acids is 1. The van der Waals surface area contributed by atoms with E-state index in [4.69, 9.17) is 5.11 Å². The summed E-state index contributed by atoms with van der Waals surface area (Å²) in [6, 6.07) is 5.24. The van der Waals surface area contributed by atoms with E-state index in [2.05, 4.69) is 21.8 Å². The van der Waals surface area contributed by atoms with Gasteiger partial charge in [-0.15, -0.1) is 0 Å². The van der Waals surface area contributed by atoms with E-state index in [1.807, 2.05) is 13.8 Å². The van der Waals surface area contributed by atoms with Crippen LogP contribution in [0, 0.1) is 0 Å². The molecule has 0 radical (unpaired) electrons.